The fourth-order valence-electron chi connectivity index (χ4n) is 1.85. The van der Waals surface area contributed by atoms with Crippen LogP contribution in [0.3, 0.4) is 0 Å². The molecule has 0 bridgehead atoms. The maximum atomic E-state index is 4.54. The Morgan fingerprint density at radius 3 is 2.56 bits per heavy atom. The maximum absolute atomic E-state index is 4.54. The molecule has 0 amide bonds. The van der Waals surface area contributed by atoms with Gasteiger partial charge in [0.05, 0.1) is 5.52 Å². The van der Waals surface area contributed by atoms with Crippen LogP contribution in [-0.2, 0) is 0 Å². The van der Waals surface area contributed by atoms with Crippen molar-refractivity contribution < 1.29 is 0 Å². The zero-order chi connectivity index (χ0) is 12.5. The average Bonchev–Trinajstić information content (AvgIpc) is 2.41. The molecule has 2 heterocycles. The molecule has 1 aromatic carbocycles. The zero-order valence-electron chi connectivity index (χ0n) is 10.4. The van der Waals surface area contributed by atoms with E-state index in [4.69, 9.17) is 0 Å². The van der Waals surface area contributed by atoms with Gasteiger partial charge in [0.25, 0.3) is 0 Å². The van der Waals surface area contributed by atoms with Gasteiger partial charge < -0.3 is 0 Å². The second-order valence-electron chi connectivity index (χ2n) is 4.35. The molecule has 0 spiro atoms. The molecule has 0 fully saturated rings. The first kappa shape index (κ1) is 10.8. The molecule has 3 heteroatoms. The van der Waals surface area contributed by atoms with Crippen LogP contribution in [0.15, 0.2) is 42.6 Å². The minimum absolute atomic E-state index is 0.678. The molecule has 0 aliphatic heterocycles. The van der Waals surface area contributed by atoms with Crippen molar-refractivity contribution in [3.63, 3.8) is 0 Å². The van der Waals surface area contributed by atoms with Crippen molar-refractivity contribution >= 4 is 10.9 Å². The maximum Gasteiger partial charge on any atom is 0.178 e. The standard InChI is InChI=1S/C15H13N3/c1-10-7-8-14(17-11(10)2)15-16-9-12-5-3-4-6-13(12)18-15/h3-9H,1-2H3. The van der Waals surface area contributed by atoms with Crippen LogP contribution in [0.2, 0.25) is 0 Å². The number of benzene rings is 1. The summed E-state index contributed by atoms with van der Waals surface area (Å²) in [5.41, 5.74) is 3.97. The Hall–Kier alpha value is -2.29. The van der Waals surface area contributed by atoms with E-state index in [0.717, 1.165) is 22.3 Å². The minimum atomic E-state index is 0.678. The van der Waals surface area contributed by atoms with Crippen LogP contribution in [0.4, 0.5) is 0 Å². The molecule has 88 valence electrons. The van der Waals surface area contributed by atoms with E-state index in [1.807, 2.05) is 50.4 Å². The summed E-state index contributed by atoms with van der Waals surface area (Å²) in [7, 11) is 0. The van der Waals surface area contributed by atoms with Crippen LogP contribution in [0, 0.1) is 13.8 Å². The Morgan fingerprint density at radius 1 is 0.889 bits per heavy atom. The van der Waals surface area contributed by atoms with Gasteiger partial charge in [-0.25, -0.2) is 15.0 Å². The highest BCUT2D eigenvalue weighted by atomic mass is 14.9. The number of hydrogen-bond donors (Lipinski definition) is 0. The summed E-state index contributed by atoms with van der Waals surface area (Å²) in [6.07, 6.45) is 1.84. The van der Waals surface area contributed by atoms with Gasteiger partial charge >= 0.3 is 0 Å². The van der Waals surface area contributed by atoms with E-state index < -0.39 is 0 Å². The Balaban J connectivity index is 2.16. The second-order valence-corrected chi connectivity index (χ2v) is 4.35. The Morgan fingerprint density at radius 2 is 1.72 bits per heavy atom. The van der Waals surface area contributed by atoms with Crippen LogP contribution in [-0.4, -0.2) is 15.0 Å². The number of hydrogen-bond acceptors (Lipinski definition) is 3. The third kappa shape index (κ3) is 1.84. The van der Waals surface area contributed by atoms with E-state index >= 15 is 0 Å². The molecule has 0 N–H and O–H groups in total. The van der Waals surface area contributed by atoms with E-state index in [-0.39, 0.29) is 0 Å². The first-order chi connectivity index (χ1) is 8.74. The highest BCUT2D eigenvalue weighted by molar-refractivity contribution is 5.79. The molecule has 3 aromatic rings. The van der Waals surface area contributed by atoms with Crippen molar-refractivity contribution in [1.29, 1.82) is 0 Å². The van der Waals surface area contributed by atoms with E-state index in [1.54, 1.807) is 0 Å². The van der Waals surface area contributed by atoms with E-state index in [1.165, 1.54) is 5.56 Å². The normalized spacial score (nSPS) is 10.8. The van der Waals surface area contributed by atoms with Gasteiger partial charge in [0.1, 0.15) is 5.69 Å². The van der Waals surface area contributed by atoms with Gasteiger partial charge in [-0.2, -0.15) is 0 Å². The van der Waals surface area contributed by atoms with Crippen molar-refractivity contribution in [2.45, 2.75) is 13.8 Å². The number of pyridine rings is 1. The number of aryl methyl sites for hydroxylation is 2. The van der Waals surface area contributed by atoms with Crippen LogP contribution in [0.5, 0.6) is 0 Å². The molecule has 0 radical (unpaired) electrons. The van der Waals surface area contributed by atoms with Gasteiger partial charge in [0.2, 0.25) is 0 Å². The summed E-state index contributed by atoms with van der Waals surface area (Å²) in [5.74, 6) is 0.678. The smallest absolute Gasteiger partial charge is 0.178 e. The van der Waals surface area contributed by atoms with E-state index in [9.17, 15) is 0 Å². The number of aromatic nitrogens is 3. The molecular formula is C15H13N3. The van der Waals surface area contributed by atoms with Crippen LogP contribution in [0.25, 0.3) is 22.4 Å². The lowest BCUT2D eigenvalue weighted by molar-refractivity contribution is 1.11. The fourth-order valence-corrected chi connectivity index (χ4v) is 1.85. The Labute approximate surface area is 106 Å². The van der Waals surface area contributed by atoms with E-state index in [2.05, 4.69) is 21.0 Å². The summed E-state index contributed by atoms with van der Waals surface area (Å²) >= 11 is 0. The summed E-state index contributed by atoms with van der Waals surface area (Å²) in [6, 6.07) is 12.0. The van der Waals surface area contributed by atoms with Crippen LogP contribution in [0.1, 0.15) is 11.3 Å². The van der Waals surface area contributed by atoms with Gasteiger partial charge in [-0.3, -0.25) is 0 Å². The topological polar surface area (TPSA) is 38.7 Å². The number of fused-ring (bicyclic) bond motifs is 1. The third-order valence-electron chi connectivity index (χ3n) is 3.07. The SMILES string of the molecule is Cc1ccc(-c2ncc3ccccc3n2)nc1C. The molecular weight excluding hydrogens is 222 g/mol. The molecule has 0 atom stereocenters. The molecule has 0 saturated carbocycles. The Bertz CT molecular complexity index is 720. The molecule has 0 saturated heterocycles. The van der Waals surface area contributed by atoms with Gasteiger partial charge in [0.15, 0.2) is 5.82 Å². The fraction of sp³-hybridized carbons (Fsp3) is 0.133. The summed E-state index contributed by atoms with van der Waals surface area (Å²) < 4.78 is 0. The molecule has 2 aromatic heterocycles. The summed E-state index contributed by atoms with van der Waals surface area (Å²) in [4.78, 5) is 13.4. The predicted octanol–water partition coefficient (Wildman–Crippen LogP) is 3.31. The van der Waals surface area contributed by atoms with Gasteiger partial charge in [-0.05, 0) is 31.5 Å². The molecule has 0 unspecified atom stereocenters. The van der Waals surface area contributed by atoms with Crippen molar-refractivity contribution in [2.75, 3.05) is 0 Å². The van der Waals surface area contributed by atoms with Gasteiger partial charge in [-0.15, -0.1) is 0 Å². The van der Waals surface area contributed by atoms with Crippen molar-refractivity contribution in [3.8, 4) is 11.5 Å². The monoisotopic (exact) mass is 235 g/mol. The largest absolute Gasteiger partial charge is 0.250 e. The molecule has 3 nitrogen and oxygen atoms in total. The molecule has 0 aliphatic rings. The average molecular weight is 235 g/mol. The minimum Gasteiger partial charge on any atom is -0.250 e. The zero-order valence-corrected chi connectivity index (χ0v) is 10.4. The highest BCUT2D eigenvalue weighted by Gasteiger charge is 2.05. The highest BCUT2D eigenvalue weighted by Crippen LogP contribution is 2.17. The van der Waals surface area contributed by atoms with Gasteiger partial charge in [-0.1, -0.05) is 24.3 Å². The van der Waals surface area contributed by atoms with Crippen molar-refractivity contribution in [2.24, 2.45) is 0 Å². The van der Waals surface area contributed by atoms with Gasteiger partial charge in [0, 0.05) is 17.3 Å². The molecule has 0 aliphatic carbocycles. The number of rotatable bonds is 1. The first-order valence-corrected chi connectivity index (χ1v) is 5.90. The van der Waals surface area contributed by atoms with Crippen molar-refractivity contribution in [3.05, 3.63) is 53.9 Å². The molecule has 3 rings (SSSR count). The lowest BCUT2D eigenvalue weighted by atomic mass is 10.2. The quantitative estimate of drug-likeness (QED) is 0.649. The van der Waals surface area contributed by atoms with Crippen molar-refractivity contribution in [1.82, 2.24) is 15.0 Å². The summed E-state index contributed by atoms with van der Waals surface area (Å²) in [6.45, 7) is 4.05. The number of nitrogens with zero attached hydrogens (tertiary/aromatic N) is 3. The predicted molar refractivity (Wildman–Crippen MR) is 72.2 cm³/mol. The first-order valence-electron chi connectivity index (χ1n) is 5.90. The third-order valence-corrected chi connectivity index (χ3v) is 3.07. The van der Waals surface area contributed by atoms with Crippen LogP contribution >= 0.6 is 0 Å². The summed E-state index contributed by atoms with van der Waals surface area (Å²) in [5, 5.41) is 1.05. The molecule has 18 heavy (non-hydrogen) atoms. The number of para-hydroxylation sites is 1. The van der Waals surface area contributed by atoms with Crippen LogP contribution < -0.4 is 0 Å². The van der Waals surface area contributed by atoms with E-state index in [0.29, 0.717) is 5.82 Å². The Kier molecular flexibility index (Phi) is 2.52. The lowest BCUT2D eigenvalue weighted by Crippen LogP contribution is -1.95. The lowest BCUT2D eigenvalue weighted by Gasteiger charge is -2.04. The second kappa shape index (κ2) is 4.18.